The van der Waals surface area contributed by atoms with Crippen molar-refractivity contribution in [2.75, 3.05) is 17.7 Å². The zero-order valence-corrected chi connectivity index (χ0v) is 21.7. The molecule has 0 heterocycles. The standard InChI is InChI=1S/C30H26N2O6S/c31-18-20-10-12-21(13-11-20)32-30(35)38-29(25-14-15-26(33)24-9-5-4-8-23(24)25)27(16-17-36-28(34)19-39)37-22-6-2-1-3-7-22/h1-15,27,29,33,39H,16-17,19H2,(H,32,35)/t27-,29-/m0/s1. The van der Waals surface area contributed by atoms with Crippen LogP contribution in [0.3, 0.4) is 0 Å². The van der Waals surface area contributed by atoms with Crippen molar-refractivity contribution in [1.82, 2.24) is 0 Å². The van der Waals surface area contributed by atoms with Gasteiger partial charge in [0.25, 0.3) is 0 Å². The number of amides is 1. The van der Waals surface area contributed by atoms with Crippen molar-refractivity contribution in [2.45, 2.75) is 18.6 Å². The molecular weight excluding hydrogens is 516 g/mol. The van der Waals surface area contributed by atoms with E-state index in [1.807, 2.05) is 36.4 Å². The summed E-state index contributed by atoms with van der Waals surface area (Å²) in [7, 11) is 0. The van der Waals surface area contributed by atoms with Crippen molar-refractivity contribution < 1.29 is 28.9 Å². The minimum Gasteiger partial charge on any atom is -0.507 e. The number of phenols is 1. The molecule has 0 radical (unpaired) electrons. The summed E-state index contributed by atoms with van der Waals surface area (Å²) in [5.41, 5.74) is 1.49. The monoisotopic (exact) mass is 542 g/mol. The third-order valence-corrected chi connectivity index (χ3v) is 6.16. The number of hydrogen-bond donors (Lipinski definition) is 3. The topological polar surface area (TPSA) is 118 Å². The van der Waals surface area contributed by atoms with Gasteiger partial charge in [0, 0.05) is 23.1 Å². The number of carbonyl (C=O) groups excluding carboxylic acids is 2. The predicted molar refractivity (Wildman–Crippen MR) is 150 cm³/mol. The molecule has 0 aliphatic heterocycles. The molecule has 0 saturated heterocycles. The molecule has 0 unspecified atom stereocenters. The Labute approximate surface area is 231 Å². The van der Waals surface area contributed by atoms with Crippen molar-refractivity contribution in [3.63, 3.8) is 0 Å². The molecule has 1 amide bonds. The van der Waals surface area contributed by atoms with E-state index in [9.17, 15) is 14.7 Å². The molecule has 39 heavy (non-hydrogen) atoms. The molecule has 198 valence electrons. The smallest absolute Gasteiger partial charge is 0.412 e. The number of phenolic OH excluding ortho intramolecular Hbond substituents is 1. The number of benzene rings is 4. The highest BCUT2D eigenvalue weighted by atomic mass is 32.1. The number of aromatic hydroxyl groups is 1. The highest BCUT2D eigenvalue weighted by Crippen LogP contribution is 2.36. The van der Waals surface area contributed by atoms with E-state index < -0.39 is 24.3 Å². The van der Waals surface area contributed by atoms with Crippen LogP contribution in [0, 0.1) is 11.3 Å². The van der Waals surface area contributed by atoms with Crippen LogP contribution in [0.15, 0.2) is 91.0 Å². The second-order valence-electron chi connectivity index (χ2n) is 8.50. The maximum absolute atomic E-state index is 13.1. The lowest BCUT2D eigenvalue weighted by molar-refractivity contribution is -0.141. The molecule has 2 atom stereocenters. The number of ether oxygens (including phenoxy) is 3. The Morgan fingerprint density at radius 1 is 0.923 bits per heavy atom. The molecule has 0 fully saturated rings. The first-order chi connectivity index (χ1) is 19.0. The molecule has 0 aliphatic rings. The molecule has 0 aromatic heterocycles. The van der Waals surface area contributed by atoms with Gasteiger partial charge in [-0.15, -0.1) is 0 Å². The normalized spacial score (nSPS) is 12.1. The number of esters is 1. The van der Waals surface area contributed by atoms with E-state index in [0.29, 0.717) is 33.3 Å². The first-order valence-electron chi connectivity index (χ1n) is 12.1. The Hall–Kier alpha value is -4.68. The predicted octanol–water partition coefficient (Wildman–Crippen LogP) is 6.02. The Balaban J connectivity index is 1.71. The van der Waals surface area contributed by atoms with Crippen LogP contribution in [-0.2, 0) is 14.3 Å². The van der Waals surface area contributed by atoms with E-state index >= 15 is 0 Å². The molecule has 0 aliphatic carbocycles. The van der Waals surface area contributed by atoms with Crippen molar-refractivity contribution in [3.05, 3.63) is 102 Å². The lowest BCUT2D eigenvalue weighted by atomic mass is 9.95. The number of para-hydroxylation sites is 1. The number of anilines is 1. The summed E-state index contributed by atoms with van der Waals surface area (Å²) in [4.78, 5) is 24.9. The highest BCUT2D eigenvalue weighted by molar-refractivity contribution is 7.81. The lowest BCUT2D eigenvalue weighted by Crippen LogP contribution is -2.32. The third kappa shape index (κ3) is 7.21. The molecule has 8 nitrogen and oxygen atoms in total. The number of rotatable bonds is 10. The summed E-state index contributed by atoms with van der Waals surface area (Å²) < 4.78 is 17.5. The Bertz CT molecular complexity index is 1470. The van der Waals surface area contributed by atoms with Crippen LogP contribution in [-0.4, -0.2) is 35.6 Å². The van der Waals surface area contributed by atoms with Crippen molar-refractivity contribution in [1.29, 1.82) is 5.26 Å². The average Bonchev–Trinajstić information content (AvgIpc) is 2.97. The van der Waals surface area contributed by atoms with Crippen LogP contribution < -0.4 is 10.1 Å². The number of fused-ring (bicyclic) bond motifs is 1. The molecular formula is C30H26N2O6S. The minimum atomic E-state index is -0.969. The Morgan fingerprint density at radius 2 is 1.62 bits per heavy atom. The number of nitrogens with zero attached hydrogens (tertiary/aromatic N) is 1. The molecule has 4 aromatic carbocycles. The van der Waals surface area contributed by atoms with E-state index in [0.717, 1.165) is 0 Å². The zero-order valence-electron chi connectivity index (χ0n) is 20.8. The summed E-state index contributed by atoms with van der Waals surface area (Å²) >= 11 is 3.95. The number of thiol groups is 1. The largest absolute Gasteiger partial charge is 0.507 e. The molecule has 4 aromatic rings. The second-order valence-corrected chi connectivity index (χ2v) is 8.81. The van der Waals surface area contributed by atoms with Crippen LogP contribution in [0.2, 0.25) is 0 Å². The van der Waals surface area contributed by atoms with Gasteiger partial charge in [0.2, 0.25) is 0 Å². The molecule has 0 spiro atoms. The van der Waals surface area contributed by atoms with E-state index in [4.69, 9.17) is 19.5 Å². The van der Waals surface area contributed by atoms with Crippen molar-refractivity contribution in [2.24, 2.45) is 0 Å². The van der Waals surface area contributed by atoms with Gasteiger partial charge in [-0.25, -0.2) is 4.79 Å². The Kier molecular flexibility index (Phi) is 9.27. The fourth-order valence-corrected chi connectivity index (χ4v) is 4.16. The van der Waals surface area contributed by atoms with Crippen LogP contribution >= 0.6 is 12.6 Å². The highest BCUT2D eigenvalue weighted by Gasteiger charge is 2.31. The number of hydrogen-bond acceptors (Lipinski definition) is 8. The molecule has 0 saturated carbocycles. The van der Waals surface area contributed by atoms with Crippen LogP contribution in [0.25, 0.3) is 10.8 Å². The quantitative estimate of drug-likeness (QED) is 0.166. The lowest BCUT2D eigenvalue weighted by Gasteiger charge is -2.29. The zero-order chi connectivity index (χ0) is 27.6. The molecule has 2 N–H and O–H groups in total. The first-order valence-corrected chi connectivity index (χ1v) is 12.8. The van der Waals surface area contributed by atoms with Gasteiger partial charge in [-0.05, 0) is 47.9 Å². The fourth-order valence-electron chi connectivity index (χ4n) is 4.07. The van der Waals surface area contributed by atoms with E-state index in [-0.39, 0.29) is 24.5 Å². The maximum atomic E-state index is 13.1. The molecule has 0 bridgehead atoms. The summed E-state index contributed by atoms with van der Waals surface area (Å²) in [5.74, 6) is 0.0631. The fraction of sp³-hybridized carbons (Fsp3) is 0.167. The van der Waals surface area contributed by atoms with Gasteiger partial charge in [0.15, 0.2) is 6.10 Å². The average molecular weight is 543 g/mol. The van der Waals surface area contributed by atoms with E-state index in [1.165, 1.54) is 6.07 Å². The summed E-state index contributed by atoms with van der Waals surface area (Å²) in [6.45, 7) is 0.00398. The minimum absolute atomic E-state index is 0.00398. The van der Waals surface area contributed by atoms with Gasteiger partial charge in [-0.2, -0.15) is 17.9 Å². The van der Waals surface area contributed by atoms with Gasteiger partial charge in [0.1, 0.15) is 17.6 Å². The van der Waals surface area contributed by atoms with E-state index in [2.05, 4.69) is 17.9 Å². The van der Waals surface area contributed by atoms with Crippen molar-refractivity contribution in [3.8, 4) is 17.6 Å². The summed E-state index contributed by atoms with van der Waals surface area (Å²) in [6.07, 6.45) is -2.31. The first kappa shape index (κ1) is 27.4. The SMILES string of the molecule is N#Cc1ccc(NC(=O)O[C@@H](c2ccc(O)c3ccccc23)[C@H](CCOC(=O)CS)Oc2ccccc2)cc1. The number of nitrogens with one attached hydrogen (secondary N) is 1. The van der Waals surface area contributed by atoms with Crippen molar-refractivity contribution >= 4 is 41.2 Å². The van der Waals surface area contributed by atoms with Crippen LogP contribution in [0.5, 0.6) is 11.5 Å². The van der Waals surface area contributed by atoms with Gasteiger partial charge in [-0.3, -0.25) is 10.1 Å². The summed E-state index contributed by atoms with van der Waals surface area (Å²) in [6, 6.07) is 27.8. The molecule has 9 heteroatoms. The Morgan fingerprint density at radius 3 is 2.31 bits per heavy atom. The third-order valence-electron chi connectivity index (χ3n) is 5.90. The van der Waals surface area contributed by atoms with Crippen LogP contribution in [0.1, 0.15) is 23.7 Å². The summed E-state index contributed by atoms with van der Waals surface area (Å²) in [5, 5.41) is 23.4. The maximum Gasteiger partial charge on any atom is 0.412 e. The van der Waals surface area contributed by atoms with Gasteiger partial charge >= 0.3 is 12.1 Å². The van der Waals surface area contributed by atoms with E-state index in [1.54, 1.807) is 54.6 Å². The van der Waals surface area contributed by atoms with Gasteiger partial charge in [-0.1, -0.05) is 48.5 Å². The second kappa shape index (κ2) is 13.2. The number of nitriles is 1. The number of carbonyl (C=O) groups is 2. The van der Waals surface area contributed by atoms with Gasteiger partial charge < -0.3 is 19.3 Å². The van der Waals surface area contributed by atoms with Crippen LogP contribution in [0.4, 0.5) is 10.5 Å². The van der Waals surface area contributed by atoms with Gasteiger partial charge in [0.05, 0.1) is 24.0 Å². The molecule has 4 rings (SSSR count).